The standard InChI is InChI=1S/C17H23F2N3O/c1-12-5-2-3-8-22(12)13-10-21(11-13)17(23)20-9-14-15(18)6-4-7-16(14)19/h4,6-7,12-13H,2-3,5,8-11H2,1H3,(H,20,23)/t12-/m1/s1. The van der Waals surface area contributed by atoms with Gasteiger partial charge in [0.05, 0.1) is 6.54 Å². The van der Waals surface area contributed by atoms with Crippen molar-refractivity contribution in [2.24, 2.45) is 0 Å². The maximum absolute atomic E-state index is 13.5. The molecule has 1 atom stereocenters. The van der Waals surface area contributed by atoms with E-state index in [0.717, 1.165) is 6.54 Å². The van der Waals surface area contributed by atoms with Crippen molar-refractivity contribution in [2.45, 2.75) is 44.8 Å². The highest BCUT2D eigenvalue weighted by atomic mass is 19.1. The average molecular weight is 323 g/mol. The Bertz CT molecular complexity index is 555. The van der Waals surface area contributed by atoms with E-state index < -0.39 is 11.6 Å². The van der Waals surface area contributed by atoms with Gasteiger partial charge in [-0.1, -0.05) is 12.5 Å². The van der Waals surface area contributed by atoms with Crippen LogP contribution in [0.25, 0.3) is 0 Å². The molecule has 2 amide bonds. The molecule has 2 saturated heterocycles. The minimum absolute atomic E-state index is 0.0948. The van der Waals surface area contributed by atoms with Gasteiger partial charge in [-0.3, -0.25) is 4.90 Å². The summed E-state index contributed by atoms with van der Waals surface area (Å²) in [4.78, 5) is 16.3. The van der Waals surface area contributed by atoms with Crippen LogP contribution >= 0.6 is 0 Å². The molecule has 2 heterocycles. The van der Waals surface area contributed by atoms with Gasteiger partial charge in [0.15, 0.2) is 0 Å². The Morgan fingerprint density at radius 1 is 1.26 bits per heavy atom. The summed E-state index contributed by atoms with van der Waals surface area (Å²) < 4.78 is 27.1. The van der Waals surface area contributed by atoms with Gasteiger partial charge in [-0.05, 0) is 38.4 Å². The monoisotopic (exact) mass is 323 g/mol. The summed E-state index contributed by atoms with van der Waals surface area (Å²) in [6.45, 7) is 4.59. The molecule has 126 valence electrons. The molecule has 0 radical (unpaired) electrons. The molecule has 0 spiro atoms. The molecule has 2 fully saturated rings. The fourth-order valence-corrected chi connectivity index (χ4v) is 3.47. The van der Waals surface area contributed by atoms with E-state index in [1.807, 2.05) is 0 Å². The van der Waals surface area contributed by atoms with Gasteiger partial charge in [0.2, 0.25) is 0 Å². The van der Waals surface area contributed by atoms with E-state index in [1.165, 1.54) is 37.5 Å². The van der Waals surface area contributed by atoms with Crippen LogP contribution in [0.3, 0.4) is 0 Å². The first-order valence-electron chi connectivity index (χ1n) is 8.27. The molecule has 1 aromatic carbocycles. The Morgan fingerprint density at radius 3 is 2.61 bits per heavy atom. The summed E-state index contributed by atoms with van der Waals surface area (Å²) >= 11 is 0. The second-order valence-corrected chi connectivity index (χ2v) is 6.50. The first-order valence-corrected chi connectivity index (χ1v) is 8.27. The largest absolute Gasteiger partial charge is 0.334 e. The zero-order chi connectivity index (χ0) is 16.4. The van der Waals surface area contributed by atoms with Crippen molar-refractivity contribution < 1.29 is 13.6 Å². The van der Waals surface area contributed by atoms with Gasteiger partial charge < -0.3 is 10.2 Å². The number of urea groups is 1. The Labute approximate surface area is 135 Å². The summed E-state index contributed by atoms with van der Waals surface area (Å²) in [5, 5.41) is 2.61. The van der Waals surface area contributed by atoms with E-state index >= 15 is 0 Å². The number of nitrogens with zero attached hydrogens (tertiary/aromatic N) is 2. The summed E-state index contributed by atoms with van der Waals surface area (Å²) in [7, 11) is 0. The second kappa shape index (κ2) is 6.83. The van der Waals surface area contributed by atoms with Gasteiger partial charge in [-0.2, -0.15) is 0 Å². The molecule has 3 rings (SSSR count). The molecular formula is C17H23F2N3O. The number of hydrogen-bond donors (Lipinski definition) is 1. The summed E-state index contributed by atoms with van der Waals surface area (Å²) in [6.07, 6.45) is 3.72. The number of amides is 2. The summed E-state index contributed by atoms with van der Waals surface area (Å²) in [5.74, 6) is -1.26. The Morgan fingerprint density at radius 2 is 1.96 bits per heavy atom. The number of carbonyl (C=O) groups is 1. The highest BCUT2D eigenvalue weighted by molar-refractivity contribution is 5.75. The predicted molar refractivity (Wildman–Crippen MR) is 84.0 cm³/mol. The third kappa shape index (κ3) is 3.47. The van der Waals surface area contributed by atoms with Crippen molar-refractivity contribution in [3.63, 3.8) is 0 Å². The van der Waals surface area contributed by atoms with Crippen molar-refractivity contribution in [3.8, 4) is 0 Å². The fourth-order valence-electron chi connectivity index (χ4n) is 3.47. The number of nitrogens with one attached hydrogen (secondary N) is 1. The molecule has 0 bridgehead atoms. The number of rotatable bonds is 3. The smallest absolute Gasteiger partial charge is 0.317 e. The van der Waals surface area contributed by atoms with Gasteiger partial charge in [0, 0.05) is 30.7 Å². The van der Waals surface area contributed by atoms with Crippen LogP contribution in [0.4, 0.5) is 13.6 Å². The average Bonchev–Trinajstić information content (AvgIpc) is 2.47. The predicted octanol–water partition coefficient (Wildman–Crippen LogP) is 2.73. The number of halogens is 2. The quantitative estimate of drug-likeness (QED) is 0.928. The molecule has 0 aromatic heterocycles. The van der Waals surface area contributed by atoms with Crippen LogP contribution in [-0.4, -0.2) is 47.5 Å². The van der Waals surface area contributed by atoms with E-state index in [4.69, 9.17) is 0 Å². The van der Waals surface area contributed by atoms with Crippen molar-refractivity contribution in [1.29, 1.82) is 0 Å². The second-order valence-electron chi connectivity index (χ2n) is 6.50. The maximum atomic E-state index is 13.5. The third-order valence-electron chi connectivity index (χ3n) is 4.95. The van der Waals surface area contributed by atoms with Crippen molar-refractivity contribution in [1.82, 2.24) is 15.1 Å². The number of benzene rings is 1. The van der Waals surface area contributed by atoms with Crippen LogP contribution in [-0.2, 0) is 6.54 Å². The molecule has 4 nitrogen and oxygen atoms in total. The van der Waals surface area contributed by atoms with Crippen molar-refractivity contribution >= 4 is 6.03 Å². The van der Waals surface area contributed by atoms with Crippen molar-refractivity contribution in [2.75, 3.05) is 19.6 Å². The number of likely N-dealkylation sites (tertiary alicyclic amines) is 2. The number of piperidine rings is 1. The summed E-state index contributed by atoms with van der Waals surface area (Å²) in [6, 6.07) is 4.45. The van der Waals surface area contributed by atoms with E-state index in [2.05, 4.69) is 17.1 Å². The van der Waals surface area contributed by atoms with Crippen LogP contribution in [0, 0.1) is 11.6 Å². The summed E-state index contributed by atoms with van der Waals surface area (Å²) in [5.41, 5.74) is -0.0948. The fraction of sp³-hybridized carbons (Fsp3) is 0.588. The molecule has 23 heavy (non-hydrogen) atoms. The van der Waals surface area contributed by atoms with Gasteiger partial charge in [0.1, 0.15) is 11.6 Å². The van der Waals surface area contributed by atoms with E-state index in [9.17, 15) is 13.6 Å². The van der Waals surface area contributed by atoms with E-state index in [0.29, 0.717) is 25.2 Å². The molecule has 0 saturated carbocycles. The van der Waals surface area contributed by atoms with Crippen LogP contribution in [0.1, 0.15) is 31.7 Å². The molecule has 0 aliphatic carbocycles. The van der Waals surface area contributed by atoms with Gasteiger partial charge in [0.25, 0.3) is 0 Å². The first kappa shape index (κ1) is 16.2. The molecule has 1 N–H and O–H groups in total. The lowest BCUT2D eigenvalue weighted by Crippen LogP contribution is -2.65. The highest BCUT2D eigenvalue weighted by Gasteiger charge is 2.37. The Balaban J connectivity index is 1.47. The maximum Gasteiger partial charge on any atom is 0.317 e. The van der Waals surface area contributed by atoms with Crippen LogP contribution in [0.15, 0.2) is 18.2 Å². The minimum Gasteiger partial charge on any atom is -0.334 e. The van der Waals surface area contributed by atoms with Gasteiger partial charge in [-0.25, -0.2) is 13.6 Å². The SMILES string of the molecule is C[C@@H]1CCCCN1C1CN(C(=O)NCc2c(F)cccc2F)C1. The van der Waals surface area contributed by atoms with Crippen molar-refractivity contribution in [3.05, 3.63) is 35.4 Å². The molecule has 2 aliphatic heterocycles. The molecule has 0 unspecified atom stereocenters. The van der Waals surface area contributed by atoms with Crippen LogP contribution in [0.5, 0.6) is 0 Å². The van der Waals surface area contributed by atoms with Crippen LogP contribution < -0.4 is 5.32 Å². The highest BCUT2D eigenvalue weighted by Crippen LogP contribution is 2.24. The molecular weight excluding hydrogens is 300 g/mol. The first-order chi connectivity index (χ1) is 11.1. The minimum atomic E-state index is -0.631. The Kier molecular flexibility index (Phi) is 4.80. The molecule has 2 aliphatic rings. The van der Waals surface area contributed by atoms with Crippen LogP contribution in [0.2, 0.25) is 0 Å². The van der Waals surface area contributed by atoms with Gasteiger partial charge >= 0.3 is 6.03 Å². The lowest BCUT2D eigenvalue weighted by Gasteiger charge is -2.49. The topological polar surface area (TPSA) is 35.6 Å². The number of carbonyl (C=O) groups excluding carboxylic acids is 1. The lowest BCUT2D eigenvalue weighted by molar-refractivity contribution is 0.0168. The number of hydrogen-bond acceptors (Lipinski definition) is 2. The molecule has 1 aromatic rings. The van der Waals surface area contributed by atoms with E-state index in [-0.39, 0.29) is 18.1 Å². The molecule has 6 heteroatoms. The normalized spacial score (nSPS) is 22.7. The van der Waals surface area contributed by atoms with E-state index in [1.54, 1.807) is 4.90 Å². The zero-order valence-electron chi connectivity index (χ0n) is 13.4. The lowest BCUT2D eigenvalue weighted by atomic mass is 9.98. The van der Waals surface area contributed by atoms with Gasteiger partial charge in [-0.15, -0.1) is 0 Å². The zero-order valence-corrected chi connectivity index (χ0v) is 13.4. The third-order valence-corrected chi connectivity index (χ3v) is 4.95. The Hall–Kier alpha value is -1.69.